The van der Waals surface area contributed by atoms with E-state index in [0.717, 1.165) is 12.8 Å². The van der Waals surface area contributed by atoms with E-state index in [-0.39, 0.29) is 0 Å². The molecule has 27 heavy (non-hydrogen) atoms. The molecule has 3 aromatic carbocycles. The number of thiophene rings is 1. The lowest BCUT2D eigenvalue weighted by atomic mass is 10.0. The number of fused-ring (bicyclic) bond motifs is 7. The van der Waals surface area contributed by atoms with Crippen molar-refractivity contribution in [1.82, 2.24) is 4.57 Å². The fraction of sp³-hybridized carbons (Fsp3) is 0.0833. The second kappa shape index (κ2) is 5.82. The first-order valence-corrected chi connectivity index (χ1v) is 10.8. The molecule has 0 aliphatic heterocycles. The number of allylic oxidation sites excluding steroid dienone is 1. The first-order valence-electron chi connectivity index (χ1n) is 9.22. The molecule has 0 unspecified atom stereocenters. The zero-order valence-electron chi connectivity index (χ0n) is 14.6. The van der Waals surface area contributed by atoms with E-state index in [2.05, 4.69) is 93.3 Å². The largest absolute Gasteiger partial charge is 0.312 e. The first-order chi connectivity index (χ1) is 13.3. The van der Waals surface area contributed by atoms with E-state index >= 15 is 0 Å². The predicted octanol–water partition coefficient (Wildman–Crippen LogP) is 7.72. The Balaban J connectivity index is 1.89. The molecule has 0 atom stereocenters. The van der Waals surface area contributed by atoms with Crippen LogP contribution in [-0.2, 0) is 6.42 Å². The second-order valence-electron chi connectivity index (χ2n) is 7.03. The van der Waals surface area contributed by atoms with E-state index in [1.807, 2.05) is 11.3 Å². The van der Waals surface area contributed by atoms with Crippen LogP contribution in [0.1, 0.15) is 17.7 Å². The molecule has 1 aliphatic carbocycles. The molecule has 2 aromatic heterocycles. The predicted molar refractivity (Wildman–Crippen MR) is 121 cm³/mol. The molecule has 0 bridgehead atoms. The van der Waals surface area contributed by atoms with Crippen LogP contribution < -0.4 is 0 Å². The van der Waals surface area contributed by atoms with Gasteiger partial charge in [0.1, 0.15) is 0 Å². The number of nitrogens with zero attached hydrogens (tertiary/aromatic N) is 1. The van der Waals surface area contributed by atoms with Crippen molar-refractivity contribution in [2.45, 2.75) is 12.8 Å². The van der Waals surface area contributed by atoms with Crippen LogP contribution in [0.2, 0.25) is 0 Å². The molecule has 0 spiro atoms. The average Bonchev–Trinajstić information content (AvgIpc) is 3.25. The van der Waals surface area contributed by atoms with Crippen molar-refractivity contribution in [3.63, 3.8) is 0 Å². The maximum absolute atomic E-state index is 3.88. The van der Waals surface area contributed by atoms with Crippen LogP contribution in [0.4, 0.5) is 0 Å². The maximum Gasteiger partial charge on any atom is 0.0717 e. The third-order valence-corrected chi connectivity index (χ3v) is 7.32. The zero-order valence-corrected chi connectivity index (χ0v) is 17.0. The number of benzene rings is 3. The summed E-state index contributed by atoms with van der Waals surface area (Å²) in [5, 5.41) is 4.01. The molecule has 130 valence electrons. The Morgan fingerprint density at radius 1 is 0.926 bits per heavy atom. The number of hydrogen-bond acceptors (Lipinski definition) is 1. The van der Waals surface area contributed by atoms with Crippen LogP contribution in [0.3, 0.4) is 0 Å². The van der Waals surface area contributed by atoms with Gasteiger partial charge in [0, 0.05) is 42.3 Å². The minimum atomic E-state index is 1.08. The lowest BCUT2D eigenvalue weighted by molar-refractivity contribution is 0.890. The molecule has 0 saturated heterocycles. The Morgan fingerprint density at radius 2 is 1.74 bits per heavy atom. The Morgan fingerprint density at radius 3 is 2.63 bits per heavy atom. The van der Waals surface area contributed by atoms with Gasteiger partial charge in [-0.1, -0.05) is 64.5 Å². The van der Waals surface area contributed by atoms with Crippen LogP contribution in [0, 0.1) is 0 Å². The lowest BCUT2D eigenvalue weighted by Gasteiger charge is -2.13. The second-order valence-corrected chi connectivity index (χ2v) is 8.94. The van der Waals surface area contributed by atoms with Crippen LogP contribution in [-0.4, -0.2) is 4.57 Å². The highest BCUT2D eigenvalue weighted by Gasteiger charge is 2.23. The summed E-state index contributed by atoms with van der Waals surface area (Å²) in [5.74, 6) is 0. The minimum Gasteiger partial charge on any atom is -0.312 e. The normalized spacial score (nSPS) is 13.7. The smallest absolute Gasteiger partial charge is 0.0717 e. The Bertz CT molecular complexity index is 1370. The number of para-hydroxylation sites is 1. The van der Waals surface area contributed by atoms with Crippen molar-refractivity contribution < 1.29 is 0 Å². The van der Waals surface area contributed by atoms with E-state index in [9.17, 15) is 0 Å². The maximum atomic E-state index is 3.88. The highest BCUT2D eigenvalue weighted by atomic mass is 79.9. The molecule has 0 saturated carbocycles. The fourth-order valence-corrected chi connectivity index (χ4v) is 6.43. The number of aromatic nitrogens is 1. The van der Waals surface area contributed by atoms with E-state index < -0.39 is 0 Å². The first kappa shape index (κ1) is 15.7. The molecule has 0 N–H and O–H groups in total. The third kappa shape index (κ3) is 2.16. The van der Waals surface area contributed by atoms with Gasteiger partial charge in [0.05, 0.1) is 10.2 Å². The van der Waals surface area contributed by atoms with Crippen LogP contribution in [0.5, 0.6) is 0 Å². The van der Waals surface area contributed by atoms with Gasteiger partial charge in [0.2, 0.25) is 0 Å². The standard InChI is InChI=1S/C24H16BrNS/c25-19-14-18-16-10-4-6-12-20(16)26(15-8-2-1-3-9-15)23(18)24-22(19)17-11-5-7-13-21(17)27-24/h1-5,7-11,13-14H,6,12H2. The topological polar surface area (TPSA) is 4.93 Å². The Labute approximate surface area is 169 Å². The Hall–Kier alpha value is -2.36. The number of hydrogen-bond donors (Lipinski definition) is 0. The van der Waals surface area contributed by atoms with Crippen LogP contribution in [0.25, 0.3) is 42.8 Å². The summed E-state index contributed by atoms with van der Waals surface area (Å²) >= 11 is 5.79. The van der Waals surface area contributed by atoms with Gasteiger partial charge in [0.25, 0.3) is 0 Å². The highest BCUT2D eigenvalue weighted by molar-refractivity contribution is 9.10. The van der Waals surface area contributed by atoms with Crippen molar-refractivity contribution in [3.05, 3.63) is 82.5 Å². The fourth-order valence-electron chi connectivity index (χ4n) is 4.39. The third-order valence-electron chi connectivity index (χ3n) is 5.52. The molecule has 3 heteroatoms. The molecular weight excluding hydrogens is 414 g/mol. The van der Waals surface area contributed by atoms with Crippen molar-refractivity contribution in [1.29, 1.82) is 0 Å². The van der Waals surface area contributed by atoms with Crippen molar-refractivity contribution in [2.75, 3.05) is 0 Å². The summed E-state index contributed by atoms with van der Waals surface area (Å²) in [6.07, 6.45) is 6.80. The van der Waals surface area contributed by atoms with Gasteiger partial charge in [-0.3, -0.25) is 0 Å². The molecule has 1 nitrogen and oxygen atoms in total. The number of rotatable bonds is 1. The summed E-state index contributed by atoms with van der Waals surface area (Å²) < 4.78 is 6.40. The summed E-state index contributed by atoms with van der Waals surface area (Å²) in [5.41, 5.74) is 5.40. The molecule has 6 rings (SSSR count). The molecule has 5 aromatic rings. The van der Waals surface area contributed by atoms with Crippen molar-refractivity contribution in [2.24, 2.45) is 0 Å². The van der Waals surface area contributed by atoms with E-state index in [0.29, 0.717) is 0 Å². The molecule has 2 heterocycles. The van der Waals surface area contributed by atoms with E-state index in [4.69, 9.17) is 0 Å². The molecule has 1 aliphatic rings. The van der Waals surface area contributed by atoms with Gasteiger partial charge in [0.15, 0.2) is 0 Å². The van der Waals surface area contributed by atoms with Gasteiger partial charge in [-0.2, -0.15) is 0 Å². The van der Waals surface area contributed by atoms with E-state index in [1.54, 1.807) is 0 Å². The SMILES string of the molecule is Brc1cc2c3c(n(-c4ccccc4)c2c2sc4ccccc4c12)CCC=C3. The monoisotopic (exact) mass is 429 g/mol. The highest BCUT2D eigenvalue weighted by Crippen LogP contribution is 2.46. The zero-order chi connectivity index (χ0) is 18.0. The summed E-state index contributed by atoms with van der Waals surface area (Å²) in [6.45, 7) is 0. The van der Waals surface area contributed by atoms with Gasteiger partial charge in [-0.15, -0.1) is 11.3 Å². The minimum absolute atomic E-state index is 1.08. The summed E-state index contributed by atoms with van der Waals surface area (Å²) in [6, 6.07) is 21.9. The van der Waals surface area contributed by atoms with Gasteiger partial charge < -0.3 is 4.57 Å². The lowest BCUT2D eigenvalue weighted by Crippen LogP contribution is -2.02. The summed E-state index contributed by atoms with van der Waals surface area (Å²) in [4.78, 5) is 0. The molecule has 0 radical (unpaired) electrons. The molecule has 0 fully saturated rings. The van der Waals surface area contributed by atoms with Crippen LogP contribution in [0.15, 0.2) is 71.2 Å². The van der Waals surface area contributed by atoms with Gasteiger partial charge >= 0.3 is 0 Å². The number of halogens is 1. The quantitative estimate of drug-likeness (QED) is 0.257. The average molecular weight is 430 g/mol. The summed E-state index contributed by atoms with van der Waals surface area (Å²) in [7, 11) is 0. The van der Waals surface area contributed by atoms with Crippen molar-refractivity contribution in [3.8, 4) is 5.69 Å². The van der Waals surface area contributed by atoms with Gasteiger partial charge in [-0.25, -0.2) is 0 Å². The molecular formula is C24H16BrNS. The van der Waals surface area contributed by atoms with E-state index in [1.165, 1.54) is 52.5 Å². The Kier molecular flexibility index (Phi) is 3.38. The van der Waals surface area contributed by atoms with Gasteiger partial charge in [-0.05, 0) is 37.1 Å². The molecule has 0 amide bonds. The van der Waals surface area contributed by atoms with Crippen LogP contribution >= 0.6 is 27.3 Å². The van der Waals surface area contributed by atoms with Crippen molar-refractivity contribution >= 4 is 64.4 Å².